The van der Waals surface area contributed by atoms with E-state index in [2.05, 4.69) is 15.5 Å². The summed E-state index contributed by atoms with van der Waals surface area (Å²) in [6.45, 7) is 3.29. The fraction of sp³-hybridized carbons (Fsp3) is 0.571. The third-order valence-corrected chi connectivity index (χ3v) is 4.85. The number of nitrogens with one attached hydrogen (secondary N) is 2. The van der Waals surface area contributed by atoms with Gasteiger partial charge in [0.25, 0.3) is 0 Å². The number of furan rings is 1. The molecule has 0 unspecified atom stereocenters. The van der Waals surface area contributed by atoms with Crippen LogP contribution in [0.4, 0.5) is 9.59 Å². The van der Waals surface area contributed by atoms with Gasteiger partial charge in [-0.1, -0.05) is 0 Å². The Balaban J connectivity index is 1.62. The minimum absolute atomic E-state index is 0.00511. The van der Waals surface area contributed by atoms with Crippen LogP contribution in [-0.4, -0.2) is 66.1 Å². The monoisotopic (exact) mass is 324 g/mol. The number of hydrogen-bond acceptors (Lipinski definition) is 5. The summed E-state index contributed by atoms with van der Waals surface area (Å²) in [5.74, 6) is 3.01. The van der Waals surface area contributed by atoms with Crippen molar-refractivity contribution in [1.29, 1.82) is 0 Å². The summed E-state index contributed by atoms with van der Waals surface area (Å²) < 4.78 is 5.54. The maximum atomic E-state index is 12.1. The Kier molecular flexibility index (Phi) is 4.89. The molecule has 7 nitrogen and oxygen atoms in total. The Morgan fingerprint density at radius 3 is 2.86 bits per heavy atom. The summed E-state index contributed by atoms with van der Waals surface area (Å²) in [6.07, 6.45) is 1.65. The SMILES string of the molecule is O=C1NCCN1C(=O)NC[C@@H](c1ccco1)N1CCSCC1. The highest BCUT2D eigenvalue weighted by atomic mass is 32.2. The molecule has 0 bridgehead atoms. The third-order valence-electron chi connectivity index (χ3n) is 3.91. The van der Waals surface area contributed by atoms with Crippen molar-refractivity contribution in [3.8, 4) is 0 Å². The quantitative estimate of drug-likeness (QED) is 0.867. The summed E-state index contributed by atoms with van der Waals surface area (Å²) in [7, 11) is 0. The highest BCUT2D eigenvalue weighted by Crippen LogP contribution is 2.24. The second kappa shape index (κ2) is 7.06. The van der Waals surface area contributed by atoms with Crippen molar-refractivity contribution in [2.45, 2.75) is 6.04 Å². The molecule has 0 aliphatic carbocycles. The number of rotatable bonds is 4. The van der Waals surface area contributed by atoms with E-state index < -0.39 is 0 Å². The predicted molar refractivity (Wildman–Crippen MR) is 83.9 cm³/mol. The molecular weight excluding hydrogens is 304 g/mol. The fourth-order valence-corrected chi connectivity index (χ4v) is 3.66. The van der Waals surface area contributed by atoms with Crippen LogP contribution in [-0.2, 0) is 0 Å². The predicted octanol–water partition coefficient (Wildman–Crippen LogP) is 1.10. The van der Waals surface area contributed by atoms with Crippen LogP contribution in [0.3, 0.4) is 0 Å². The van der Waals surface area contributed by atoms with Crippen LogP contribution in [0, 0.1) is 0 Å². The van der Waals surface area contributed by atoms with E-state index in [-0.39, 0.29) is 18.1 Å². The first kappa shape index (κ1) is 15.2. The number of carbonyl (C=O) groups is 2. The third kappa shape index (κ3) is 3.38. The zero-order valence-electron chi connectivity index (χ0n) is 12.3. The van der Waals surface area contributed by atoms with E-state index in [1.807, 2.05) is 23.9 Å². The minimum Gasteiger partial charge on any atom is -0.468 e. The molecule has 0 spiro atoms. The number of urea groups is 2. The van der Waals surface area contributed by atoms with Crippen LogP contribution in [0.25, 0.3) is 0 Å². The lowest BCUT2D eigenvalue weighted by atomic mass is 10.2. The maximum Gasteiger partial charge on any atom is 0.325 e. The molecule has 3 rings (SSSR count). The standard InChI is InChI=1S/C14H20N4O3S/c19-13-15-3-4-18(13)14(20)16-10-11(12-2-1-7-21-12)17-5-8-22-9-6-17/h1-2,7,11H,3-6,8-10H2,(H,15,19)(H,16,20)/t11-/m0/s1. The summed E-state index contributed by atoms with van der Waals surface area (Å²) in [5, 5.41) is 5.48. The molecule has 4 amide bonds. The number of carbonyl (C=O) groups excluding carboxylic acids is 2. The van der Waals surface area contributed by atoms with Crippen LogP contribution < -0.4 is 10.6 Å². The lowest BCUT2D eigenvalue weighted by molar-refractivity contribution is 0.176. The molecule has 8 heteroatoms. The van der Waals surface area contributed by atoms with Crippen LogP contribution >= 0.6 is 11.8 Å². The van der Waals surface area contributed by atoms with Gasteiger partial charge in [-0.25, -0.2) is 14.5 Å². The van der Waals surface area contributed by atoms with Gasteiger partial charge in [0.1, 0.15) is 5.76 Å². The topological polar surface area (TPSA) is 77.8 Å². The first-order valence-electron chi connectivity index (χ1n) is 7.44. The van der Waals surface area contributed by atoms with Crippen LogP contribution in [0.1, 0.15) is 11.8 Å². The normalized spacial score (nSPS) is 20.7. The van der Waals surface area contributed by atoms with Gasteiger partial charge in [0.05, 0.1) is 12.3 Å². The van der Waals surface area contributed by atoms with Gasteiger partial charge in [0, 0.05) is 44.2 Å². The largest absolute Gasteiger partial charge is 0.468 e. The van der Waals surface area contributed by atoms with E-state index in [4.69, 9.17) is 4.42 Å². The minimum atomic E-state index is -0.349. The van der Waals surface area contributed by atoms with Crippen LogP contribution in [0.2, 0.25) is 0 Å². The lowest BCUT2D eigenvalue weighted by Gasteiger charge is -2.33. The molecular formula is C14H20N4O3S. The van der Waals surface area contributed by atoms with Crippen molar-refractivity contribution in [3.05, 3.63) is 24.2 Å². The number of thioether (sulfide) groups is 1. The smallest absolute Gasteiger partial charge is 0.325 e. The average Bonchev–Trinajstić information content (AvgIpc) is 3.20. The summed E-state index contributed by atoms with van der Waals surface area (Å²) in [4.78, 5) is 27.1. The lowest BCUT2D eigenvalue weighted by Crippen LogP contribution is -2.46. The van der Waals surface area contributed by atoms with Crippen LogP contribution in [0.15, 0.2) is 22.8 Å². The summed E-state index contributed by atoms with van der Waals surface area (Å²) in [5.41, 5.74) is 0. The fourth-order valence-electron chi connectivity index (χ4n) is 2.72. The summed E-state index contributed by atoms with van der Waals surface area (Å²) in [6, 6.07) is 3.11. The van der Waals surface area contributed by atoms with Crippen molar-refractivity contribution in [2.24, 2.45) is 0 Å². The number of imide groups is 1. The number of amides is 4. The second-order valence-corrected chi connectivity index (χ2v) is 6.47. The van der Waals surface area contributed by atoms with Crippen molar-refractivity contribution >= 4 is 23.8 Å². The van der Waals surface area contributed by atoms with E-state index in [0.717, 1.165) is 30.4 Å². The molecule has 22 heavy (non-hydrogen) atoms. The molecule has 0 aromatic carbocycles. The zero-order chi connectivity index (χ0) is 15.4. The van der Waals surface area contributed by atoms with E-state index in [9.17, 15) is 9.59 Å². The highest BCUT2D eigenvalue weighted by molar-refractivity contribution is 7.99. The molecule has 2 aliphatic rings. The summed E-state index contributed by atoms with van der Waals surface area (Å²) >= 11 is 1.94. The molecule has 2 fully saturated rings. The van der Waals surface area contributed by atoms with Crippen molar-refractivity contribution in [2.75, 3.05) is 44.2 Å². The number of nitrogens with zero attached hydrogens (tertiary/aromatic N) is 2. The molecule has 2 aliphatic heterocycles. The zero-order valence-corrected chi connectivity index (χ0v) is 13.1. The van der Waals surface area contributed by atoms with Gasteiger partial charge < -0.3 is 15.1 Å². The average molecular weight is 324 g/mol. The van der Waals surface area contributed by atoms with Crippen LogP contribution in [0.5, 0.6) is 0 Å². The van der Waals surface area contributed by atoms with E-state index >= 15 is 0 Å². The van der Waals surface area contributed by atoms with Crippen molar-refractivity contribution in [1.82, 2.24) is 20.4 Å². The van der Waals surface area contributed by atoms with Crippen molar-refractivity contribution < 1.29 is 14.0 Å². The molecule has 0 radical (unpaired) electrons. The van der Waals surface area contributed by atoms with Gasteiger partial charge in [0.2, 0.25) is 0 Å². The molecule has 120 valence electrons. The first-order valence-corrected chi connectivity index (χ1v) is 8.59. The van der Waals surface area contributed by atoms with Gasteiger partial charge >= 0.3 is 12.1 Å². The molecule has 1 atom stereocenters. The Bertz CT molecular complexity index is 516. The molecule has 2 N–H and O–H groups in total. The van der Waals surface area contributed by atoms with Gasteiger partial charge in [-0.2, -0.15) is 11.8 Å². The maximum absolute atomic E-state index is 12.1. The Morgan fingerprint density at radius 1 is 1.41 bits per heavy atom. The molecule has 0 saturated carbocycles. The van der Waals surface area contributed by atoms with E-state index in [0.29, 0.717) is 19.6 Å². The second-order valence-electron chi connectivity index (χ2n) is 5.25. The molecule has 1 aromatic rings. The highest BCUT2D eigenvalue weighted by Gasteiger charge is 2.29. The molecule has 3 heterocycles. The Labute approximate surface area is 133 Å². The van der Waals surface area contributed by atoms with Gasteiger partial charge in [-0.3, -0.25) is 4.90 Å². The van der Waals surface area contributed by atoms with E-state index in [1.54, 1.807) is 6.26 Å². The van der Waals surface area contributed by atoms with Gasteiger partial charge in [-0.05, 0) is 12.1 Å². The van der Waals surface area contributed by atoms with Gasteiger partial charge in [-0.15, -0.1) is 0 Å². The Morgan fingerprint density at radius 2 is 2.23 bits per heavy atom. The molecule has 2 saturated heterocycles. The van der Waals surface area contributed by atoms with E-state index in [1.165, 1.54) is 4.90 Å². The number of hydrogen-bond donors (Lipinski definition) is 2. The van der Waals surface area contributed by atoms with Crippen molar-refractivity contribution in [3.63, 3.8) is 0 Å². The molecule has 1 aromatic heterocycles. The Hall–Kier alpha value is -1.67. The first-order chi connectivity index (χ1) is 10.8. The van der Waals surface area contributed by atoms with Gasteiger partial charge in [0.15, 0.2) is 0 Å².